The molecule has 7 heteroatoms. The van der Waals surface area contributed by atoms with E-state index in [9.17, 15) is 8.42 Å². The smallest absolute Gasteiger partial charge is 0.244 e. The molecule has 114 valence electrons. The molecule has 1 aromatic rings. The van der Waals surface area contributed by atoms with Crippen molar-refractivity contribution in [3.05, 3.63) is 18.0 Å². The lowest BCUT2D eigenvalue weighted by molar-refractivity contribution is 0.0290. The van der Waals surface area contributed by atoms with Crippen molar-refractivity contribution in [2.45, 2.75) is 36.6 Å². The highest BCUT2D eigenvalue weighted by Crippen LogP contribution is 2.23. The zero-order valence-corrected chi connectivity index (χ0v) is 13.5. The van der Waals surface area contributed by atoms with E-state index in [-0.39, 0.29) is 6.10 Å². The third-order valence-electron chi connectivity index (χ3n) is 3.66. The Morgan fingerprint density at radius 1 is 1.40 bits per heavy atom. The number of ether oxygens (including phenoxy) is 1. The van der Waals surface area contributed by atoms with Crippen LogP contribution in [0.25, 0.3) is 0 Å². The maximum Gasteiger partial charge on any atom is 0.244 e. The minimum atomic E-state index is -3.41. The summed E-state index contributed by atoms with van der Waals surface area (Å²) in [6, 6.07) is 1.65. The molecule has 2 rings (SSSR count). The van der Waals surface area contributed by atoms with Gasteiger partial charge in [0.25, 0.3) is 0 Å². The molecule has 1 aromatic heterocycles. The van der Waals surface area contributed by atoms with Crippen molar-refractivity contribution < 1.29 is 13.2 Å². The van der Waals surface area contributed by atoms with Gasteiger partial charge in [-0.15, -0.1) is 11.6 Å². The predicted octanol–water partition coefficient (Wildman–Crippen LogP) is 1.95. The van der Waals surface area contributed by atoms with Gasteiger partial charge in [0.1, 0.15) is 4.90 Å². The summed E-state index contributed by atoms with van der Waals surface area (Å²) in [5.74, 6) is 0.304. The zero-order chi connectivity index (χ0) is 14.8. The first-order chi connectivity index (χ1) is 9.48. The average molecular weight is 321 g/mol. The lowest BCUT2D eigenvalue weighted by atomic mass is 10.1. The van der Waals surface area contributed by atoms with Crippen LogP contribution in [0.2, 0.25) is 0 Å². The second kappa shape index (κ2) is 6.47. The molecule has 20 heavy (non-hydrogen) atoms. The lowest BCUT2D eigenvalue weighted by Crippen LogP contribution is -2.40. The van der Waals surface area contributed by atoms with Gasteiger partial charge in [-0.2, -0.15) is 4.31 Å². The normalized spacial score (nSPS) is 18.6. The molecule has 0 atom stereocenters. The Balaban J connectivity index is 2.11. The Labute approximate surface area is 125 Å². The summed E-state index contributed by atoms with van der Waals surface area (Å²) in [7, 11) is -1.61. The summed E-state index contributed by atoms with van der Waals surface area (Å²) >= 11 is 5.79. The number of halogens is 1. The molecular formula is C13H21ClN2O3S. The van der Waals surface area contributed by atoms with Gasteiger partial charge in [-0.05, 0) is 25.8 Å². The van der Waals surface area contributed by atoms with Crippen LogP contribution in [-0.2, 0) is 27.7 Å². The van der Waals surface area contributed by atoms with Gasteiger partial charge in [0.15, 0.2) is 0 Å². The average Bonchev–Trinajstić information content (AvgIpc) is 2.82. The van der Waals surface area contributed by atoms with Gasteiger partial charge in [-0.3, -0.25) is 0 Å². The van der Waals surface area contributed by atoms with Crippen LogP contribution in [0.15, 0.2) is 17.2 Å². The SMILES string of the molecule is CCOC1CCN(S(=O)(=O)c2cc(CCl)n(C)c2)CC1. The molecule has 1 aliphatic heterocycles. The first-order valence-corrected chi connectivity index (χ1v) is 8.79. The number of piperidine rings is 1. The van der Waals surface area contributed by atoms with Crippen molar-refractivity contribution in [2.24, 2.45) is 7.05 Å². The van der Waals surface area contributed by atoms with Crippen LogP contribution in [-0.4, -0.2) is 43.1 Å². The van der Waals surface area contributed by atoms with Gasteiger partial charge in [0.05, 0.1) is 12.0 Å². The largest absolute Gasteiger partial charge is 0.378 e. The highest BCUT2D eigenvalue weighted by Gasteiger charge is 2.30. The summed E-state index contributed by atoms with van der Waals surface area (Å²) in [6.45, 7) is 3.66. The highest BCUT2D eigenvalue weighted by atomic mass is 35.5. The molecule has 1 fully saturated rings. The maximum atomic E-state index is 12.6. The van der Waals surface area contributed by atoms with Crippen molar-refractivity contribution in [3.8, 4) is 0 Å². The molecule has 5 nitrogen and oxygen atoms in total. The summed E-state index contributed by atoms with van der Waals surface area (Å²) in [5.41, 5.74) is 0.800. The Bertz CT molecular complexity index is 548. The number of hydrogen-bond donors (Lipinski definition) is 0. The molecule has 0 amide bonds. The second-order valence-corrected chi connectivity index (χ2v) is 7.18. The van der Waals surface area contributed by atoms with Crippen LogP contribution in [0.3, 0.4) is 0 Å². The van der Waals surface area contributed by atoms with E-state index in [1.54, 1.807) is 23.9 Å². The highest BCUT2D eigenvalue weighted by molar-refractivity contribution is 7.89. The molecule has 0 aromatic carbocycles. The minimum Gasteiger partial charge on any atom is -0.378 e. The van der Waals surface area contributed by atoms with E-state index < -0.39 is 10.0 Å². The fourth-order valence-corrected chi connectivity index (χ4v) is 4.31. The molecule has 0 spiro atoms. The fraction of sp³-hybridized carbons (Fsp3) is 0.692. The van der Waals surface area contributed by atoms with Crippen LogP contribution in [0.1, 0.15) is 25.5 Å². The van der Waals surface area contributed by atoms with Crippen molar-refractivity contribution in [1.29, 1.82) is 0 Å². The number of nitrogens with zero attached hydrogens (tertiary/aromatic N) is 2. The van der Waals surface area contributed by atoms with E-state index >= 15 is 0 Å². The number of aromatic nitrogens is 1. The Kier molecular flexibility index (Phi) is 5.12. The molecule has 0 N–H and O–H groups in total. The fourth-order valence-electron chi connectivity index (χ4n) is 2.47. The van der Waals surface area contributed by atoms with Crippen molar-refractivity contribution in [3.63, 3.8) is 0 Å². The quantitative estimate of drug-likeness (QED) is 0.779. The molecular weight excluding hydrogens is 300 g/mol. The Hall–Kier alpha value is -0.560. The molecule has 0 saturated carbocycles. The molecule has 0 aliphatic carbocycles. The van der Waals surface area contributed by atoms with Crippen LogP contribution in [0.5, 0.6) is 0 Å². The van der Waals surface area contributed by atoms with Crippen LogP contribution in [0.4, 0.5) is 0 Å². The van der Waals surface area contributed by atoms with Crippen molar-refractivity contribution in [1.82, 2.24) is 8.87 Å². The molecule has 0 unspecified atom stereocenters. The van der Waals surface area contributed by atoms with E-state index in [2.05, 4.69) is 0 Å². The van der Waals surface area contributed by atoms with Crippen LogP contribution in [0, 0.1) is 0 Å². The van der Waals surface area contributed by atoms with Gasteiger partial charge >= 0.3 is 0 Å². The number of alkyl halides is 1. The number of aryl methyl sites for hydroxylation is 1. The molecule has 0 bridgehead atoms. The lowest BCUT2D eigenvalue weighted by Gasteiger charge is -2.30. The second-order valence-electron chi connectivity index (χ2n) is 4.97. The monoisotopic (exact) mass is 320 g/mol. The molecule has 1 saturated heterocycles. The van der Waals surface area contributed by atoms with Crippen LogP contribution >= 0.6 is 11.6 Å². The summed E-state index contributed by atoms with van der Waals surface area (Å²) in [5, 5.41) is 0. The molecule has 0 radical (unpaired) electrons. The van der Waals surface area contributed by atoms with Gasteiger partial charge in [-0.1, -0.05) is 0 Å². The third-order valence-corrected chi connectivity index (χ3v) is 5.80. The zero-order valence-electron chi connectivity index (χ0n) is 11.9. The van der Waals surface area contributed by atoms with E-state index in [4.69, 9.17) is 16.3 Å². The van der Waals surface area contributed by atoms with E-state index in [1.165, 1.54) is 4.31 Å². The van der Waals surface area contributed by atoms with E-state index in [0.29, 0.717) is 30.5 Å². The van der Waals surface area contributed by atoms with E-state index in [1.807, 2.05) is 6.92 Å². The van der Waals surface area contributed by atoms with Crippen LogP contribution < -0.4 is 0 Å². The van der Waals surface area contributed by atoms with Gasteiger partial charge < -0.3 is 9.30 Å². The molecule has 1 aliphatic rings. The summed E-state index contributed by atoms with van der Waals surface area (Å²) in [6.07, 6.45) is 3.31. The van der Waals surface area contributed by atoms with E-state index in [0.717, 1.165) is 18.5 Å². The first-order valence-electron chi connectivity index (χ1n) is 6.82. The van der Waals surface area contributed by atoms with Gasteiger partial charge in [0.2, 0.25) is 10.0 Å². The number of sulfonamides is 1. The summed E-state index contributed by atoms with van der Waals surface area (Å²) < 4.78 is 34.0. The third kappa shape index (κ3) is 3.19. The Morgan fingerprint density at radius 3 is 2.55 bits per heavy atom. The minimum absolute atomic E-state index is 0.181. The van der Waals surface area contributed by atoms with Gasteiger partial charge in [0, 0.05) is 38.6 Å². The van der Waals surface area contributed by atoms with Crippen molar-refractivity contribution in [2.75, 3.05) is 19.7 Å². The number of hydrogen-bond acceptors (Lipinski definition) is 3. The Morgan fingerprint density at radius 2 is 2.05 bits per heavy atom. The standard InChI is InChI=1S/C13H21ClN2O3S/c1-3-19-12-4-6-16(7-5-12)20(17,18)13-8-11(9-14)15(2)10-13/h8,10,12H,3-7,9H2,1-2H3. The first kappa shape index (κ1) is 15.8. The predicted molar refractivity (Wildman–Crippen MR) is 78.4 cm³/mol. The number of rotatable bonds is 5. The topological polar surface area (TPSA) is 51.5 Å². The van der Waals surface area contributed by atoms with Gasteiger partial charge in [-0.25, -0.2) is 8.42 Å². The maximum absolute atomic E-state index is 12.6. The molecule has 2 heterocycles. The van der Waals surface area contributed by atoms with Crippen molar-refractivity contribution >= 4 is 21.6 Å². The summed E-state index contributed by atoms with van der Waals surface area (Å²) in [4.78, 5) is 0.325.